The van der Waals surface area contributed by atoms with Crippen molar-refractivity contribution in [2.24, 2.45) is 17.3 Å². The van der Waals surface area contributed by atoms with E-state index in [1.54, 1.807) is 24.1 Å². The number of pyridine rings is 1. The van der Waals surface area contributed by atoms with Crippen molar-refractivity contribution in [3.8, 4) is 40.0 Å². The minimum atomic E-state index is -1.16. The van der Waals surface area contributed by atoms with Crippen molar-refractivity contribution in [1.29, 1.82) is 0 Å². The van der Waals surface area contributed by atoms with Gasteiger partial charge < -0.3 is 29.5 Å². The van der Waals surface area contributed by atoms with Gasteiger partial charge in [0.1, 0.15) is 23.9 Å². The Morgan fingerprint density at radius 1 is 1.01 bits per heavy atom. The van der Waals surface area contributed by atoms with Crippen LogP contribution >= 0.6 is 0 Å². The Hall–Kier alpha value is -6.24. The van der Waals surface area contributed by atoms with Crippen LogP contribution in [0.15, 0.2) is 54.9 Å². The largest absolute Gasteiger partial charge is 0.508 e. The molecule has 3 N–H and O–H groups in total. The molecular weight excluding hydrogens is 873 g/mol. The predicted octanol–water partition coefficient (Wildman–Crippen LogP) is 5.76. The normalized spacial score (nSPS) is 20.1. The highest BCUT2D eigenvalue weighted by Gasteiger charge is 2.40. The second-order valence-electron chi connectivity index (χ2n) is 20.8. The highest BCUT2D eigenvalue weighted by molar-refractivity contribution is 5.97. The fourth-order valence-electron chi connectivity index (χ4n) is 10.2. The lowest BCUT2D eigenvalue weighted by Gasteiger charge is -2.37. The van der Waals surface area contributed by atoms with E-state index in [9.17, 15) is 29.1 Å². The summed E-state index contributed by atoms with van der Waals surface area (Å²) in [6.07, 6.45) is 5.74. The molecule has 15 heteroatoms. The molecule has 3 aliphatic heterocycles. The van der Waals surface area contributed by atoms with Gasteiger partial charge in [0.2, 0.25) is 11.8 Å². The van der Waals surface area contributed by atoms with Crippen molar-refractivity contribution in [3.63, 3.8) is 0 Å². The third-order valence-electron chi connectivity index (χ3n) is 13.7. The summed E-state index contributed by atoms with van der Waals surface area (Å²) in [6, 6.07) is 10.7. The smallest absolute Gasteiger partial charge is 0.324 e. The molecular formula is C54H70N8O7. The molecule has 7 rings (SSSR count). The van der Waals surface area contributed by atoms with Gasteiger partial charge >= 0.3 is 5.97 Å². The number of hydrogen-bond donors (Lipinski definition) is 3. The van der Waals surface area contributed by atoms with Crippen LogP contribution in [0.4, 0.5) is 0 Å². The maximum absolute atomic E-state index is 14.8. The SMILES string of the molecule is CCn1c(-c2cnccc2C(C)C)c2c3cc(ccc31)-c1cc(O)cc(c1)C[C@H](NC(=O)C(C(C)C)N(C)C(=O)[C@H]1CCN(C(=O)C#CCN(C)C)C1)C(=O)N1CCC[C@H](N1)C(=O)OCC(C)(C)C2. The molecule has 2 aromatic carbocycles. The molecule has 0 aliphatic carbocycles. The first-order valence-electron chi connectivity index (χ1n) is 24.4. The van der Waals surface area contributed by atoms with Gasteiger partial charge in [-0.05, 0) is 123 Å². The number of fused-ring (bicyclic) bond motifs is 6. The van der Waals surface area contributed by atoms with Gasteiger partial charge in [-0.2, -0.15) is 0 Å². The van der Waals surface area contributed by atoms with E-state index in [0.717, 1.165) is 38.9 Å². The number of phenols is 1. The number of carbonyl (C=O) groups is 5. The van der Waals surface area contributed by atoms with E-state index >= 15 is 0 Å². The zero-order valence-corrected chi connectivity index (χ0v) is 42.0. The number of hydrogen-bond acceptors (Lipinski definition) is 10. The summed E-state index contributed by atoms with van der Waals surface area (Å²) in [7, 11) is 5.32. The van der Waals surface area contributed by atoms with E-state index < -0.39 is 47.2 Å². The molecule has 4 amide bonds. The first-order valence-corrected chi connectivity index (χ1v) is 24.4. The highest BCUT2D eigenvalue weighted by atomic mass is 16.5. The van der Waals surface area contributed by atoms with Crippen LogP contribution in [-0.2, 0) is 48.1 Å². The quantitative estimate of drug-likeness (QED) is 0.139. The second-order valence-corrected chi connectivity index (χ2v) is 20.8. The van der Waals surface area contributed by atoms with Crippen molar-refractivity contribution < 1.29 is 33.8 Å². The molecule has 0 radical (unpaired) electrons. The molecule has 0 spiro atoms. The van der Waals surface area contributed by atoms with Crippen LogP contribution in [0.2, 0.25) is 0 Å². The van der Waals surface area contributed by atoms with Crippen LogP contribution in [-0.4, -0.2) is 136 Å². The third kappa shape index (κ3) is 11.3. The number of hydrazine groups is 1. The summed E-state index contributed by atoms with van der Waals surface area (Å²) in [5.74, 6) is 2.79. The van der Waals surface area contributed by atoms with Crippen LogP contribution in [0, 0.1) is 29.1 Å². The molecule has 69 heavy (non-hydrogen) atoms. The molecule has 0 saturated carbocycles. The number of aryl methyl sites for hydroxylation is 1. The Kier molecular flexibility index (Phi) is 15.5. The van der Waals surface area contributed by atoms with Gasteiger partial charge in [0.15, 0.2) is 0 Å². The minimum Gasteiger partial charge on any atom is -0.508 e. The van der Waals surface area contributed by atoms with E-state index in [4.69, 9.17) is 4.74 Å². The number of phenolic OH excluding ortho intramolecular Hbond substituents is 1. The summed E-state index contributed by atoms with van der Waals surface area (Å²) >= 11 is 0. The molecule has 4 atom stereocenters. The highest BCUT2D eigenvalue weighted by Crippen LogP contribution is 2.42. The topological polar surface area (TPSA) is 170 Å². The number of nitrogens with one attached hydrogen (secondary N) is 2. The lowest BCUT2D eigenvalue weighted by Crippen LogP contribution is -2.62. The molecule has 368 valence electrons. The zero-order valence-electron chi connectivity index (χ0n) is 42.0. The number of aromatic nitrogens is 2. The molecule has 15 nitrogen and oxygen atoms in total. The van der Waals surface area contributed by atoms with Crippen LogP contribution < -0.4 is 10.7 Å². The number of benzene rings is 2. The van der Waals surface area contributed by atoms with Crippen molar-refractivity contribution in [1.82, 2.24) is 40.0 Å². The van der Waals surface area contributed by atoms with E-state index in [-0.39, 0.29) is 55.5 Å². The first kappa shape index (κ1) is 50.6. The number of nitrogens with zero attached hydrogens (tertiary/aromatic N) is 6. The molecule has 2 fully saturated rings. The van der Waals surface area contributed by atoms with Crippen molar-refractivity contribution in [2.75, 3.05) is 53.9 Å². The summed E-state index contributed by atoms with van der Waals surface area (Å²) in [5, 5.41) is 16.8. The van der Waals surface area contributed by atoms with Crippen LogP contribution in [0.25, 0.3) is 33.3 Å². The summed E-state index contributed by atoms with van der Waals surface area (Å²) in [5.41, 5.74) is 10.2. The minimum absolute atomic E-state index is 0.00306. The molecule has 6 bridgehead atoms. The lowest BCUT2D eigenvalue weighted by atomic mass is 9.83. The van der Waals surface area contributed by atoms with Gasteiger partial charge in [0.25, 0.3) is 11.8 Å². The lowest BCUT2D eigenvalue weighted by molar-refractivity contribution is -0.155. The van der Waals surface area contributed by atoms with Gasteiger partial charge in [0.05, 0.1) is 24.8 Å². The Morgan fingerprint density at radius 2 is 1.78 bits per heavy atom. The van der Waals surface area contributed by atoms with Gasteiger partial charge in [-0.25, -0.2) is 5.43 Å². The van der Waals surface area contributed by atoms with Crippen molar-refractivity contribution in [3.05, 3.63) is 71.5 Å². The molecule has 1 unspecified atom stereocenters. The first-order chi connectivity index (χ1) is 32.8. The number of rotatable bonds is 9. The zero-order chi connectivity index (χ0) is 49.9. The van der Waals surface area contributed by atoms with Gasteiger partial charge in [0, 0.05) is 73.9 Å². The van der Waals surface area contributed by atoms with Crippen LogP contribution in [0.3, 0.4) is 0 Å². The van der Waals surface area contributed by atoms with Crippen molar-refractivity contribution in [2.45, 2.75) is 111 Å². The number of cyclic esters (lactones) is 1. The van der Waals surface area contributed by atoms with E-state index in [2.05, 4.69) is 85.0 Å². The maximum Gasteiger partial charge on any atom is 0.324 e. The molecule has 5 heterocycles. The maximum atomic E-state index is 14.8. The summed E-state index contributed by atoms with van der Waals surface area (Å²) in [4.78, 5) is 79.8. The molecule has 3 aliphatic rings. The number of likely N-dealkylation sites (N-methyl/N-ethyl adjacent to an activating group) is 1. The Bertz CT molecular complexity index is 2660. The number of ether oxygens (including phenoxy) is 1. The van der Waals surface area contributed by atoms with Gasteiger partial charge in [-0.15, -0.1) is 0 Å². The van der Waals surface area contributed by atoms with E-state index in [1.807, 2.05) is 57.4 Å². The van der Waals surface area contributed by atoms with E-state index in [1.165, 1.54) is 15.5 Å². The molecule has 2 saturated heterocycles. The number of carbonyl (C=O) groups excluding carboxylic acids is 5. The van der Waals surface area contributed by atoms with Gasteiger partial charge in [-0.3, -0.25) is 38.9 Å². The van der Waals surface area contributed by atoms with Crippen LogP contribution in [0.5, 0.6) is 5.75 Å². The standard InChI is InChI=1S/C54H70N8O7/c1-11-61-46-17-16-36-28-41(46)42(49(61)43-30-55-20-18-40(43)33(2)3)29-54(6,7)32-69-53(68)44-14-12-22-62(57-44)52(67)45(26-35-24-38(36)27-39(63)25-35)56-50(65)48(34(4)5)59(10)51(66)37-19-23-60(31-37)47(64)15-13-21-58(8)9/h16-18,20,24-25,27-28,30,33-34,37,44-45,48,57,63H,11-12,14,19,21-23,26,29,31-32H2,1-10H3,(H,56,65)/t37-,44-,45-,48?/m0/s1. The Labute approximate surface area is 406 Å². The van der Waals surface area contributed by atoms with Crippen LogP contribution in [0.1, 0.15) is 90.3 Å². The third-order valence-corrected chi connectivity index (χ3v) is 13.7. The molecule has 2 aromatic heterocycles. The van der Waals surface area contributed by atoms with E-state index in [0.29, 0.717) is 50.9 Å². The fourth-order valence-corrected chi connectivity index (χ4v) is 10.2. The van der Waals surface area contributed by atoms with Gasteiger partial charge in [-0.1, -0.05) is 59.6 Å². The number of esters is 1. The Morgan fingerprint density at radius 3 is 2.49 bits per heavy atom. The monoisotopic (exact) mass is 943 g/mol. The summed E-state index contributed by atoms with van der Waals surface area (Å²) < 4.78 is 8.46. The fraction of sp³-hybridized carbons (Fsp3) is 0.519. The number of amides is 4. The van der Waals surface area contributed by atoms with Crippen molar-refractivity contribution >= 4 is 40.5 Å². The Balaban J connectivity index is 1.26. The predicted molar refractivity (Wildman–Crippen MR) is 266 cm³/mol. The number of likely N-dealkylation sites (tertiary alicyclic amines) is 1. The average Bonchev–Trinajstić information content (AvgIpc) is 3.92. The molecule has 4 aromatic rings. The summed E-state index contributed by atoms with van der Waals surface area (Å²) in [6.45, 7) is 16.5. The average molecular weight is 943 g/mol. The number of aromatic hydroxyl groups is 1. The second kappa shape index (κ2) is 21.2.